The van der Waals surface area contributed by atoms with Gasteiger partial charge in [0.2, 0.25) is 0 Å². The minimum absolute atomic E-state index is 0.0644. The second-order valence-corrected chi connectivity index (χ2v) is 5.05. The third-order valence-electron chi connectivity index (χ3n) is 4.01. The van der Waals surface area contributed by atoms with Crippen LogP contribution in [0.4, 0.5) is 5.69 Å². The first-order chi connectivity index (χ1) is 8.68. The predicted octanol–water partition coefficient (Wildman–Crippen LogP) is 2.21. The van der Waals surface area contributed by atoms with Gasteiger partial charge in [-0.1, -0.05) is 0 Å². The van der Waals surface area contributed by atoms with Crippen molar-refractivity contribution < 1.29 is 10.0 Å². The van der Waals surface area contributed by atoms with Gasteiger partial charge in [0.15, 0.2) is 0 Å². The number of hydrogen-bond acceptors (Lipinski definition) is 4. The molecule has 0 spiro atoms. The fourth-order valence-corrected chi connectivity index (χ4v) is 3.14. The van der Waals surface area contributed by atoms with E-state index in [2.05, 4.69) is 5.32 Å². The number of rotatable bonds is 2. The van der Waals surface area contributed by atoms with E-state index in [9.17, 15) is 15.2 Å². The average molecular weight is 248 g/mol. The number of aromatic hydroxyl groups is 1. The summed E-state index contributed by atoms with van der Waals surface area (Å²) in [5.74, 6) is 0.285. The Labute approximate surface area is 105 Å². The Hall–Kier alpha value is -1.62. The van der Waals surface area contributed by atoms with E-state index in [0.717, 1.165) is 43.4 Å². The summed E-state index contributed by atoms with van der Waals surface area (Å²) < 4.78 is 0. The number of nitro groups is 1. The van der Waals surface area contributed by atoms with Gasteiger partial charge < -0.3 is 10.4 Å². The molecule has 0 amide bonds. The summed E-state index contributed by atoms with van der Waals surface area (Å²) >= 11 is 0. The van der Waals surface area contributed by atoms with Gasteiger partial charge in [0.05, 0.1) is 4.92 Å². The summed E-state index contributed by atoms with van der Waals surface area (Å²) in [5.41, 5.74) is 2.43. The Balaban J connectivity index is 2.14. The van der Waals surface area contributed by atoms with Crippen molar-refractivity contribution in [3.05, 3.63) is 32.9 Å². The van der Waals surface area contributed by atoms with E-state index in [-0.39, 0.29) is 22.4 Å². The zero-order valence-corrected chi connectivity index (χ0v) is 10.1. The van der Waals surface area contributed by atoms with Crippen molar-refractivity contribution in [3.8, 4) is 5.75 Å². The van der Waals surface area contributed by atoms with E-state index in [1.54, 1.807) is 6.07 Å². The predicted molar refractivity (Wildman–Crippen MR) is 66.8 cm³/mol. The van der Waals surface area contributed by atoms with Crippen LogP contribution in [0.1, 0.15) is 42.0 Å². The van der Waals surface area contributed by atoms with Crippen LogP contribution < -0.4 is 5.32 Å². The molecular formula is C13H16N2O3. The minimum Gasteiger partial charge on any atom is -0.507 e. The van der Waals surface area contributed by atoms with Crippen LogP contribution in [0.2, 0.25) is 0 Å². The van der Waals surface area contributed by atoms with Gasteiger partial charge in [-0.3, -0.25) is 10.1 Å². The summed E-state index contributed by atoms with van der Waals surface area (Å²) in [7, 11) is 0. The molecule has 1 atom stereocenters. The third-order valence-corrected chi connectivity index (χ3v) is 4.01. The first-order valence-electron chi connectivity index (χ1n) is 6.44. The van der Waals surface area contributed by atoms with Crippen molar-refractivity contribution in [2.45, 2.75) is 38.1 Å². The van der Waals surface area contributed by atoms with Crippen LogP contribution in [0.3, 0.4) is 0 Å². The Morgan fingerprint density at radius 2 is 2.11 bits per heavy atom. The van der Waals surface area contributed by atoms with Crippen molar-refractivity contribution in [1.29, 1.82) is 0 Å². The fraction of sp³-hybridized carbons (Fsp3) is 0.538. The van der Waals surface area contributed by atoms with Crippen LogP contribution >= 0.6 is 0 Å². The molecule has 1 aromatic rings. The molecule has 18 heavy (non-hydrogen) atoms. The zero-order valence-electron chi connectivity index (χ0n) is 10.1. The molecule has 1 aliphatic heterocycles. The van der Waals surface area contributed by atoms with Gasteiger partial charge in [0, 0.05) is 28.8 Å². The first kappa shape index (κ1) is 11.5. The Morgan fingerprint density at radius 3 is 2.78 bits per heavy atom. The van der Waals surface area contributed by atoms with E-state index < -0.39 is 0 Å². The number of hydrogen-bond donors (Lipinski definition) is 2. The fourth-order valence-electron chi connectivity index (χ4n) is 3.14. The molecule has 0 radical (unpaired) electrons. The molecular weight excluding hydrogens is 232 g/mol. The molecule has 1 aliphatic carbocycles. The SMILES string of the molecule is O=[N+]([O-])c1cc([C@H]2CCCN2)c(O)c2c1CCC2. The molecule has 0 unspecified atom stereocenters. The molecule has 0 saturated carbocycles. The second kappa shape index (κ2) is 4.24. The van der Waals surface area contributed by atoms with E-state index in [4.69, 9.17) is 0 Å². The molecule has 0 aromatic heterocycles. The zero-order chi connectivity index (χ0) is 12.7. The average Bonchev–Trinajstić information content (AvgIpc) is 2.99. The molecule has 1 saturated heterocycles. The van der Waals surface area contributed by atoms with E-state index in [1.807, 2.05) is 0 Å². The number of nitrogens with zero attached hydrogens (tertiary/aromatic N) is 1. The molecule has 0 bridgehead atoms. The highest BCUT2D eigenvalue weighted by Gasteiger charge is 2.30. The number of nitro benzene ring substituents is 1. The number of phenols is 1. The molecule has 2 N–H and O–H groups in total. The normalized spacial score (nSPS) is 22.1. The molecule has 1 fully saturated rings. The minimum atomic E-state index is -0.317. The second-order valence-electron chi connectivity index (χ2n) is 5.05. The number of benzene rings is 1. The van der Waals surface area contributed by atoms with Crippen molar-refractivity contribution in [2.75, 3.05) is 6.54 Å². The molecule has 1 heterocycles. The smallest absolute Gasteiger partial charge is 0.273 e. The van der Waals surface area contributed by atoms with Crippen LogP contribution in [-0.4, -0.2) is 16.6 Å². The highest BCUT2D eigenvalue weighted by atomic mass is 16.6. The highest BCUT2D eigenvalue weighted by molar-refractivity contribution is 5.59. The Morgan fingerprint density at radius 1 is 1.33 bits per heavy atom. The van der Waals surface area contributed by atoms with Crippen LogP contribution in [0.15, 0.2) is 6.07 Å². The van der Waals surface area contributed by atoms with Crippen molar-refractivity contribution in [1.82, 2.24) is 5.32 Å². The number of fused-ring (bicyclic) bond motifs is 1. The van der Waals surface area contributed by atoms with Gasteiger partial charge in [-0.25, -0.2) is 0 Å². The van der Waals surface area contributed by atoms with E-state index in [1.165, 1.54) is 0 Å². The molecule has 5 heteroatoms. The van der Waals surface area contributed by atoms with Crippen molar-refractivity contribution in [2.24, 2.45) is 0 Å². The molecule has 1 aromatic carbocycles. The molecule has 96 valence electrons. The van der Waals surface area contributed by atoms with Gasteiger partial charge in [0.1, 0.15) is 5.75 Å². The lowest BCUT2D eigenvalue weighted by molar-refractivity contribution is -0.385. The third kappa shape index (κ3) is 1.66. The number of phenolic OH excluding ortho intramolecular Hbond substituents is 1. The van der Waals surface area contributed by atoms with Gasteiger partial charge in [-0.2, -0.15) is 0 Å². The maximum Gasteiger partial charge on any atom is 0.273 e. The van der Waals surface area contributed by atoms with Crippen LogP contribution in [0.25, 0.3) is 0 Å². The maximum absolute atomic E-state index is 11.1. The van der Waals surface area contributed by atoms with Gasteiger partial charge in [-0.15, -0.1) is 0 Å². The van der Waals surface area contributed by atoms with E-state index >= 15 is 0 Å². The highest BCUT2D eigenvalue weighted by Crippen LogP contribution is 2.42. The Bertz CT molecular complexity index is 507. The van der Waals surface area contributed by atoms with Crippen LogP contribution in [0.5, 0.6) is 5.75 Å². The molecule has 3 rings (SSSR count). The van der Waals surface area contributed by atoms with Crippen molar-refractivity contribution >= 4 is 5.69 Å². The van der Waals surface area contributed by atoms with Gasteiger partial charge >= 0.3 is 0 Å². The quantitative estimate of drug-likeness (QED) is 0.621. The lowest BCUT2D eigenvalue weighted by Crippen LogP contribution is -2.14. The Kier molecular flexibility index (Phi) is 2.70. The summed E-state index contributed by atoms with van der Waals surface area (Å²) in [5, 5.41) is 24.7. The largest absolute Gasteiger partial charge is 0.507 e. The summed E-state index contributed by atoms with van der Waals surface area (Å²) in [6.07, 6.45) is 4.34. The summed E-state index contributed by atoms with van der Waals surface area (Å²) in [4.78, 5) is 10.8. The standard InChI is InChI=1S/C13H16N2O3/c16-13-9-4-1-3-8(9)12(15(17)18)7-10(13)11-5-2-6-14-11/h7,11,14,16H,1-6H2/t11-/m1/s1. The number of nitrogens with one attached hydrogen (secondary N) is 1. The topological polar surface area (TPSA) is 75.4 Å². The van der Waals surface area contributed by atoms with E-state index in [0.29, 0.717) is 12.0 Å². The molecule has 5 nitrogen and oxygen atoms in total. The maximum atomic E-state index is 11.1. The van der Waals surface area contributed by atoms with Crippen molar-refractivity contribution in [3.63, 3.8) is 0 Å². The van der Waals surface area contributed by atoms with Crippen LogP contribution in [-0.2, 0) is 12.8 Å². The van der Waals surface area contributed by atoms with Gasteiger partial charge in [0.25, 0.3) is 5.69 Å². The van der Waals surface area contributed by atoms with Crippen LogP contribution in [0, 0.1) is 10.1 Å². The lowest BCUT2D eigenvalue weighted by Gasteiger charge is -2.15. The monoisotopic (exact) mass is 248 g/mol. The first-order valence-corrected chi connectivity index (χ1v) is 6.44. The summed E-state index contributed by atoms with van der Waals surface area (Å²) in [6, 6.07) is 1.64. The lowest BCUT2D eigenvalue weighted by atomic mass is 9.96. The molecule has 2 aliphatic rings. The van der Waals surface area contributed by atoms with Gasteiger partial charge in [-0.05, 0) is 38.6 Å². The summed E-state index contributed by atoms with van der Waals surface area (Å²) in [6.45, 7) is 0.912.